The number of nitrogens with one attached hydrogen (secondary N) is 1. The van der Waals surface area contributed by atoms with Crippen LogP contribution in [-0.2, 0) is 17.4 Å². The van der Waals surface area contributed by atoms with Crippen LogP contribution in [0.25, 0.3) is 10.9 Å². The predicted octanol–water partition coefficient (Wildman–Crippen LogP) is 2.17. The zero-order chi connectivity index (χ0) is 6.10. The summed E-state index contributed by atoms with van der Waals surface area (Å²) in [6.07, 6.45) is 1.95. The van der Waals surface area contributed by atoms with Gasteiger partial charge in [-0.3, -0.25) is 0 Å². The molecule has 1 aromatic heterocycles. The SMILES string of the molecule is [Cr].c1ccc2[nH]ccc2c1. The van der Waals surface area contributed by atoms with Gasteiger partial charge in [0.15, 0.2) is 0 Å². The Balaban J connectivity index is 0.000000500. The third-order valence-electron chi connectivity index (χ3n) is 1.46. The Morgan fingerprint density at radius 3 is 2.60 bits per heavy atom. The number of para-hydroxylation sites is 1. The molecule has 0 saturated carbocycles. The van der Waals surface area contributed by atoms with Gasteiger partial charge < -0.3 is 4.98 Å². The monoisotopic (exact) mass is 169 g/mol. The maximum absolute atomic E-state index is 3.12. The van der Waals surface area contributed by atoms with Gasteiger partial charge in [0.2, 0.25) is 0 Å². The van der Waals surface area contributed by atoms with E-state index in [0.29, 0.717) is 0 Å². The molecular weight excluding hydrogens is 162 g/mol. The van der Waals surface area contributed by atoms with Crippen molar-refractivity contribution in [2.75, 3.05) is 0 Å². The Kier molecular flexibility index (Phi) is 2.16. The third-order valence-corrected chi connectivity index (χ3v) is 1.46. The molecular formula is C8H7CrN. The van der Waals surface area contributed by atoms with Crippen LogP contribution in [0.3, 0.4) is 0 Å². The summed E-state index contributed by atoms with van der Waals surface area (Å²) in [5.41, 5.74) is 1.21. The van der Waals surface area contributed by atoms with Gasteiger partial charge >= 0.3 is 0 Å². The van der Waals surface area contributed by atoms with Gasteiger partial charge in [0.25, 0.3) is 0 Å². The molecule has 1 aromatic carbocycles. The first kappa shape index (κ1) is 7.40. The minimum atomic E-state index is 0. The van der Waals surface area contributed by atoms with Crippen molar-refractivity contribution in [3.05, 3.63) is 36.5 Å². The van der Waals surface area contributed by atoms with Gasteiger partial charge in [0, 0.05) is 29.1 Å². The molecule has 0 unspecified atom stereocenters. The molecule has 1 nitrogen and oxygen atoms in total. The van der Waals surface area contributed by atoms with E-state index in [2.05, 4.69) is 23.2 Å². The number of hydrogen-bond donors (Lipinski definition) is 1. The molecule has 0 aliphatic rings. The van der Waals surface area contributed by atoms with Gasteiger partial charge in [-0.15, -0.1) is 0 Å². The summed E-state index contributed by atoms with van der Waals surface area (Å²) in [4.78, 5) is 3.12. The van der Waals surface area contributed by atoms with Gasteiger partial charge in [-0.25, -0.2) is 0 Å². The molecule has 0 aliphatic heterocycles. The van der Waals surface area contributed by atoms with Gasteiger partial charge in [0.05, 0.1) is 0 Å². The topological polar surface area (TPSA) is 15.8 Å². The second-order valence-electron chi connectivity index (χ2n) is 2.06. The predicted molar refractivity (Wildman–Crippen MR) is 38.3 cm³/mol. The van der Waals surface area contributed by atoms with Crippen LogP contribution in [0, 0.1) is 0 Å². The average molecular weight is 169 g/mol. The maximum atomic E-state index is 3.12. The molecule has 10 heavy (non-hydrogen) atoms. The molecule has 0 aliphatic carbocycles. The van der Waals surface area contributed by atoms with E-state index >= 15 is 0 Å². The van der Waals surface area contributed by atoms with Crippen LogP contribution in [0.4, 0.5) is 0 Å². The number of rotatable bonds is 0. The average Bonchev–Trinajstić information content (AvgIpc) is 2.33. The number of H-pyrrole nitrogens is 1. The standard InChI is InChI=1S/C8H7N.Cr/c1-2-4-8-7(3-1)5-6-9-8;/h1-6,9H;. The molecule has 0 saturated heterocycles. The molecule has 2 rings (SSSR count). The third kappa shape index (κ3) is 1.09. The van der Waals surface area contributed by atoms with Crippen molar-refractivity contribution in [1.29, 1.82) is 0 Å². The van der Waals surface area contributed by atoms with E-state index in [4.69, 9.17) is 0 Å². The fraction of sp³-hybridized carbons (Fsp3) is 0. The fourth-order valence-electron chi connectivity index (χ4n) is 0.995. The van der Waals surface area contributed by atoms with Crippen molar-refractivity contribution < 1.29 is 17.4 Å². The smallest absolute Gasteiger partial charge is 0.0453 e. The summed E-state index contributed by atoms with van der Waals surface area (Å²) < 4.78 is 0. The number of aromatic amines is 1. The molecule has 0 spiro atoms. The number of fused-ring (bicyclic) bond motifs is 1. The summed E-state index contributed by atoms with van der Waals surface area (Å²) in [7, 11) is 0. The van der Waals surface area contributed by atoms with E-state index in [1.54, 1.807) is 0 Å². The zero-order valence-electron chi connectivity index (χ0n) is 5.37. The van der Waals surface area contributed by atoms with Crippen LogP contribution >= 0.6 is 0 Å². The van der Waals surface area contributed by atoms with Gasteiger partial charge in [-0.2, -0.15) is 0 Å². The first-order valence-corrected chi connectivity index (χ1v) is 2.99. The molecule has 0 atom stereocenters. The largest absolute Gasteiger partial charge is 0.361 e. The second-order valence-corrected chi connectivity index (χ2v) is 2.06. The minimum Gasteiger partial charge on any atom is -0.361 e. The Morgan fingerprint density at radius 2 is 1.80 bits per heavy atom. The van der Waals surface area contributed by atoms with Crippen molar-refractivity contribution in [3.8, 4) is 0 Å². The fourth-order valence-corrected chi connectivity index (χ4v) is 0.995. The summed E-state index contributed by atoms with van der Waals surface area (Å²) in [5, 5.41) is 1.28. The van der Waals surface area contributed by atoms with E-state index in [0.717, 1.165) is 0 Å². The molecule has 0 amide bonds. The Morgan fingerprint density at radius 1 is 1.00 bits per heavy atom. The normalized spacial score (nSPS) is 9.20. The van der Waals surface area contributed by atoms with Crippen molar-refractivity contribution in [1.82, 2.24) is 4.98 Å². The van der Waals surface area contributed by atoms with Crippen LogP contribution < -0.4 is 0 Å². The summed E-state index contributed by atoms with van der Waals surface area (Å²) in [6, 6.07) is 10.3. The molecule has 0 radical (unpaired) electrons. The van der Waals surface area contributed by atoms with Crippen molar-refractivity contribution in [2.45, 2.75) is 0 Å². The van der Waals surface area contributed by atoms with Crippen LogP contribution in [-0.4, -0.2) is 4.98 Å². The Hall–Kier alpha value is -0.708. The van der Waals surface area contributed by atoms with E-state index in [1.165, 1.54) is 10.9 Å². The zero-order valence-corrected chi connectivity index (χ0v) is 6.65. The first-order chi connectivity index (χ1) is 4.47. The summed E-state index contributed by atoms with van der Waals surface area (Å²) in [5.74, 6) is 0. The van der Waals surface area contributed by atoms with Crippen LogP contribution in [0.15, 0.2) is 36.5 Å². The Labute approximate surface area is 70.2 Å². The number of hydrogen-bond acceptors (Lipinski definition) is 0. The first-order valence-electron chi connectivity index (χ1n) is 2.99. The summed E-state index contributed by atoms with van der Waals surface area (Å²) >= 11 is 0. The molecule has 1 heterocycles. The van der Waals surface area contributed by atoms with E-state index in [1.807, 2.05) is 18.3 Å². The van der Waals surface area contributed by atoms with E-state index < -0.39 is 0 Å². The molecule has 50 valence electrons. The number of benzene rings is 1. The second kappa shape index (κ2) is 2.92. The van der Waals surface area contributed by atoms with Crippen LogP contribution in [0.5, 0.6) is 0 Å². The van der Waals surface area contributed by atoms with Crippen molar-refractivity contribution in [3.63, 3.8) is 0 Å². The molecule has 2 aromatic rings. The molecule has 0 bridgehead atoms. The van der Waals surface area contributed by atoms with Gasteiger partial charge in [0.1, 0.15) is 0 Å². The van der Waals surface area contributed by atoms with E-state index in [-0.39, 0.29) is 17.4 Å². The van der Waals surface area contributed by atoms with E-state index in [9.17, 15) is 0 Å². The van der Waals surface area contributed by atoms with Crippen molar-refractivity contribution >= 4 is 10.9 Å². The van der Waals surface area contributed by atoms with Crippen LogP contribution in [0.1, 0.15) is 0 Å². The molecule has 1 N–H and O–H groups in total. The molecule has 2 heteroatoms. The van der Waals surface area contributed by atoms with Gasteiger partial charge in [-0.05, 0) is 17.5 Å². The summed E-state index contributed by atoms with van der Waals surface area (Å²) in [6.45, 7) is 0. The number of aromatic nitrogens is 1. The Bertz CT molecular complexity index is 283. The van der Waals surface area contributed by atoms with Crippen molar-refractivity contribution in [2.24, 2.45) is 0 Å². The van der Waals surface area contributed by atoms with Crippen LogP contribution in [0.2, 0.25) is 0 Å². The quantitative estimate of drug-likeness (QED) is 0.622. The maximum Gasteiger partial charge on any atom is 0.0453 e. The molecule has 0 fully saturated rings. The van der Waals surface area contributed by atoms with Gasteiger partial charge in [-0.1, -0.05) is 18.2 Å². The minimum absolute atomic E-state index is 0.